The summed E-state index contributed by atoms with van der Waals surface area (Å²) in [6, 6.07) is 0.350. The van der Waals surface area contributed by atoms with Crippen LogP contribution in [0.2, 0.25) is 0 Å². The highest BCUT2D eigenvalue weighted by molar-refractivity contribution is 6.18. The number of amides is 1. The highest BCUT2D eigenvalue weighted by Crippen LogP contribution is 2.37. The van der Waals surface area contributed by atoms with E-state index in [0.717, 1.165) is 6.42 Å². The van der Waals surface area contributed by atoms with Gasteiger partial charge in [-0.1, -0.05) is 20.3 Å². The maximum Gasteiger partial charge on any atom is 0.221 e. The van der Waals surface area contributed by atoms with Gasteiger partial charge in [-0.3, -0.25) is 4.79 Å². The van der Waals surface area contributed by atoms with E-state index in [2.05, 4.69) is 19.2 Å². The van der Waals surface area contributed by atoms with Crippen LogP contribution in [0.5, 0.6) is 0 Å². The van der Waals surface area contributed by atoms with Crippen LogP contribution in [0.4, 0.5) is 0 Å². The summed E-state index contributed by atoms with van der Waals surface area (Å²) in [4.78, 5) is 11.3. The molecule has 1 fully saturated rings. The maximum absolute atomic E-state index is 11.3. The van der Waals surface area contributed by atoms with Crippen molar-refractivity contribution in [1.29, 1.82) is 0 Å². The molecule has 0 bridgehead atoms. The van der Waals surface area contributed by atoms with Gasteiger partial charge in [0.1, 0.15) is 0 Å². The molecule has 0 heterocycles. The van der Waals surface area contributed by atoms with Gasteiger partial charge in [0, 0.05) is 18.3 Å². The van der Waals surface area contributed by atoms with E-state index in [1.165, 1.54) is 12.8 Å². The third-order valence-corrected chi connectivity index (χ3v) is 3.10. The zero-order chi connectivity index (χ0) is 9.90. The van der Waals surface area contributed by atoms with E-state index in [0.29, 0.717) is 18.3 Å². The molecule has 0 aromatic carbocycles. The lowest BCUT2D eigenvalue weighted by molar-refractivity contribution is -0.122. The maximum atomic E-state index is 11.3. The summed E-state index contributed by atoms with van der Waals surface area (Å²) in [6.45, 7) is 4.43. The fraction of sp³-hybridized carbons (Fsp3) is 0.900. The quantitative estimate of drug-likeness (QED) is 0.701. The first-order valence-corrected chi connectivity index (χ1v) is 5.45. The Bertz CT molecular complexity index is 191. The number of hydrogen-bond donors (Lipinski definition) is 1. The number of nitrogens with one attached hydrogen (secondary N) is 1. The summed E-state index contributed by atoms with van der Waals surface area (Å²) in [6.07, 6.45) is 3.98. The Morgan fingerprint density at radius 3 is 2.77 bits per heavy atom. The first-order valence-electron chi connectivity index (χ1n) is 4.91. The molecular formula is C10H18ClNO. The zero-order valence-electron chi connectivity index (χ0n) is 8.40. The van der Waals surface area contributed by atoms with Crippen LogP contribution in [-0.2, 0) is 4.79 Å². The van der Waals surface area contributed by atoms with Crippen molar-refractivity contribution in [1.82, 2.24) is 5.32 Å². The summed E-state index contributed by atoms with van der Waals surface area (Å²) in [5, 5.41) is 3.05. The van der Waals surface area contributed by atoms with Gasteiger partial charge in [0.05, 0.1) is 0 Å². The van der Waals surface area contributed by atoms with Crippen LogP contribution < -0.4 is 5.32 Å². The number of carbonyl (C=O) groups excluding carboxylic acids is 1. The first-order chi connectivity index (χ1) is 6.06. The van der Waals surface area contributed by atoms with Gasteiger partial charge >= 0.3 is 0 Å². The van der Waals surface area contributed by atoms with E-state index in [9.17, 15) is 4.79 Å². The molecule has 0 radical (unpaired) electrons. The van der Waals surface area contributed by atoms with Crippen LogP contribution in [0.3, 0.4) is 0 Å². The van der Waals surface area contributed by atoms with Crippen molar-refractivity contribution in [3.05, 3.63) is 0 Å². The van der Waals surface area contributed by atoms with Gasteiger partial charge in [0.25, 0.3) is 0 Å². The molecule has 0 saturated heterocycles. The standard InChI is InChI=1S/C10H18ClNO/c1-10(2)6-3-4-8(10)12-9(13)5-7-11/h8H,3-7H2,1-2H3,(H,12,13). The van der Waals surface area contributed by atoms with Crippen molar-refractivity contribution in [3.63, 3.8) is 0 Å². The van der Waals surface area contributed by atoms with E-state index in [1.54, 1.807) is 0 Å². The molecule has 1 atom stereocenters. The largest absolute Gasteiger partial charge is 0.353 e. The Morgan fingerprint density at radius 1 is 1.62 bits per heavy atom. The summed E-state index contributed by atoms with van der Waals surface area (Å²) in [5.74, 6) is 0.508. The third-order valence-electron chi connectivity index (χ3n) is 2.91. The Kier molecular flexibility index (Phi) is 3.60. The third kappa shape index (κ3) is 2.87. The predicted octanol–water partition coefficient (Wildman–Crippen LogP) is 2.31. The number of rotatable bonds is 3. The highest BCUT2D eigenvalue weighted by Gasteiger charge is 2.34. The normalized spacial score (nSPS) is 25.9. The van der Waals surface area contributed by atoms with Gasteiger partial charge in [0.15, 0.2) is 0 Å². The lowest BCUT2D eigenvalue weighted by Crippen LogP contribution is -2.41. The number of halogens is 1. The average Bonchev–Trinajstić information content (AvgIpc) is 2.31. The van der Waals surface area contributed by atoms with Gasteiger partial charge in [-0.15, -0.1) is 11.6 Å². The minimum absolute atomic E-state index is 0.0926. The Labute approximate surface area is 85.0 Å². The second-order valence-corrected chi connectivity index (χ2v) is 4.82. The van der Waals surface area contributed by atoms with Crippen LogP contribution in [0.1, 0.15) is 39.5 Å². The average molecular weight is 204 g/mol. The van der Waals surface area contributed by atoms with E-state index < -0.39 is 0 Å². The monoisotopic (exact) mass is 203 g/mol. The number of carbonyl (C=O) groups is 1. The minimum Gasteiger partial charge on any atom is -0.353 e. The molecule has 1 aliphatic rings. The van der Waals surface area contributed by atoms with E-state index >= 15 is 0 Å². The molecule has 1 aliphatic carbocycles. The summed E-state index contributed by atoms with van der Waals surface area (Å²) >= 11 is 5.49. The summed E-state index contributed by atoms with van der Waals surface area (Å²) in [7, 11) is 0. The molecule has 1 N–H and O–H groups in total. The molecule has 0 aromatic heterocycles. The Balaban J connectivity index is 2.40. The van der Waals surface area contributed by atoms with Gasteiger partial charge in [0.2, 0.25) is 5.91 Å². The fourth-order valence-corrected chi connectivity index (χ4v) is 2.12. The minimum atomic E-state index is 0.0926. The Hall–Kier alpha value is -0.240. The Morgan fingerprint density at radius 2 is 2.31 bits per heavy atom. The lowest BCUT2D eigenvalue weighted by atomic mass is 9.87. The van der Waals surface area contributed by atoms with Crippen molar-refractivity contribution >= 4 is 17.5 Å². The van der Waals surface area contributed by atoms with E-state index in [1.807, 2.05) is 0 Å². The smallest absolute Gasteiger partial charge is 0.221 e. The number of alkyl halides is 1. The van der Waals surface area contributed by atoms with Crippen molar-refractivity contribution in [3.8, 4) is 0 Å². The molecule has 13 heavy (non-hydrogen) atoms. The van der Waals surface area contributed by atoms with E-state index in [-0.39, 0.29) is 11.3 Å². The van der Waals surface area contributed by atoms with Crippen LogP contribution in [0.25, 0.3) is 0 Å². The second kappa shape index (κ2) is 4.32. The topological polar surface area (TPSA) is 29.1 Å². The molecule has 0 aromatic rings. The van der Waals surface area contributed by atoms with Crippen molar-refractivity contribution in [2.45, 2.75) is 45.6 Å². The van der Waals surface area contributed by atoms with Gasteiger partial charge in [-0.05, 0) is 18.3 Å². The molecule has 3 heteroatoms. The molecule has 1 amide bonds. The van der Waals surface area contributed by atoms with Crippen molar-refractivity contribution < 1.29 is 4.79 Å². The van der Waals surface area contributed by atoms with Crippen LogP contribution in [0, 0.1) is 5.41 Å². The number of hydrogen-bond acceptors (Lipinski definition) is 1. The molecule has 1 rings (SSSR count). The van der Waals surface area contributed by atoms with Gasteiger partial charge in [-0.25, -0.2) is 0 Å². The molecule has 76 valence electrons. The van der Waals surface area contributed by atoms with Gasteiger partial charge in [-0.2, -0.15) is 0 Å². The predicted molar refractivity (Wildman–Crippen MR) is 54.9 cm³/mol. The van der Waals surface area contributed by atoms with Crippen LogP contribution >= 0.6 is 11.6 Å². The molecule has 1 unspecified atom stereocenters. The molecule has 2 nitrogen and oxygen atoms in total. The zero-order valence-corrected chi connectivity index (χ0v) is 9.16. The first kappa shape index (κ1) is 10.8. The molecule has 1 saturated carbocycles. The van der Waals surface area contributed by atoms with Gasteiger partial charge < -0.3 is 5.32 Å². The fourth-order valence-electron chi connectivity index (χ4n) is 1.95. The summed E-state index contributed by atoms with van der Waals surface area (Å²) in [5.41, 5.74) is 0.266. The molecular weight excluding hydrogens is 186 g/mol. The highest BCUT2D eigenvalue weighted by atomic mass is 35.5. The van der Waals surface area contributed by atoms with Crippen LogP contribution in [0.15, 0.2) is 0 Å². The van der Waals surface area contributed by atoms with Crippen LogP contribution in [-0.4, -0.2) is 17.8 Å². The molecule has 0 spiro atoms. The van der Waals surface area contributed by atoms with Crippen molar-refractivity contribution in [2.75, 3.05) is 5.88 Å². The molecule has 0 aliphatic heterocycles. The van der Waals surface area contributed by atoms with E-state index in [4.69, 9.17) is 11.6 Å². The van der Waals surface area contributed by atoms with Crippen molar-refractivity contribution in [2.24, 2.45) is 5.41 Å². The lowest BCUT2D eigenvalue weighted by Gasteiger charge is -2.27. The SMILES string of the molecule is CC1(C)CCCC1NC(=O)CCCl. The second-order valence-electron chi connectivity index (χ2n) is 4.44. The summed E-state index contributed by atoms with van der Waals surface area (Å²) < 4.78 is 0.